The number of halogens is 1. The molecule has 3 rings (SSSR count). The number of benzene rings is 3. The molecule has 0 aliphatic carbocycles. The van der Waals surface area contributed by atoms with Crippen molar-refractivity contribution in [3.8, 4) is 11.5 Å². The van der Waals surface area contributed by atoms with Gasteiger partial charge in [-0.05, 0) is 54.6 Å². The monoisotopic (exact) mass is 446 g/mol. The highest BCUT2D eigenvalue weighted by Crippen LogP contribution is 2.29. The topological polar surface area (TPSA) is 93.7 Å². The largest absolute Gasteiger partial charge is 0.496 e. The van der Waals surface area contributed by atoms with E-state index in [0.29, 0.717) is 27.9 Å². The predicted molar refractivity (Wildman–Crippen MR) is 116 cm³/mol. The number of ether oxygens (including phenoxy) is 2. The van der Waals surface area contributed by atoms with Crippen LogP contribution in [0.3, 0.4) is 0 Å². The summed E-state index contributed by atoms with van der Waals surface area (Å²) in [5.74, 6) is 0.269. The van der Waals surface area contributed by atoms with E-state index >= 15 is 0 Å². The molecule has 0 radical (unpaired) electrons. The maximum Gasteiger partial charge on any atom is 0.263 e. The number of hydrogen-bond donors (Lipinski definition) is 2. The molecule has 0 aliphatic heterocycles. The molecular formula is C21H19ClN2O5S. The maximum absolute atomic E-state index is 12.7. The second-order valence-corrected chi connectivity index (χ2v) is 8.25. The SMILES string of the molecule is COc1cccc(OC)c1C(=O)Nc1ccc(S(=O)(=O)Nc2cccc(Cl)c2)cc1. The van der Waals surface area contributed by atoms with Crippen molar-refractivity contribution < 1.29 is 22.7 Å². The van der Waals surface area contributed by atoms with Crippen LogP contribution in [0.2, 0.25) is 5.02 Å². The van der Waals surface area contributed by atoms with Crippen LogP contribution in [0.4, 0.5) is 11.4 Å². The third-order valence-corrected chi connectivity index (χ3v) is 5.79. The van der Waals surface area contributed by atoms with Gasteiger partial charge in [-0.1, -0.05) is 23.7 Å². The van der Waals surface area contributed by atoms with Gasteiger partial charge in [0.05, 0.1) is 24.8 Å². The van der Waals surface area contributed by atoms with Gasteiger partial charge in [-0.15, -0.1) is 0 Å². The van der Waals surface area contributed by atoms with Crippen LogP contribution in [0.1, 0.15) is 10.4 Å². The highest BCUT2D eigenvalue weighted by atomic mass is 35.5. The summed E-state index contributed by atoms with van der Waals surface area (Å²) in [5.41, 5.74) is 1.000. The Morgan fingerprint density at radius 2 is 1.47 bits per heavy atom. The van der Waals surface area contributed by atoms with Gasteiger partial charge in [0.2, 0.25) is 0 Å². The fourth-order valence-corrected chi connectivity index (χ4v) is 3.99. The molecule has 0 aliphatic rings. The molecule has 0 aromatic heterocycles. The summed E-state index contributed by atoms with van der Waals surface area (Å²) < 4.78 is 38.1. The van der Waals surface area contributed by atoms with Crippen molar-refractivity contribution in [2.75, 3.05) is 24.3 Å². The first-order valence-corrected chi connectivity index (χ1v) is 10.6. The van der Waals surface area contributed by atoms with Crippen molar-refractivity contribution in [1.82, 2.24) is 0 Å². The lowest BCUT2D eigenvalue weighted by atomic mass is 10.1. The first-order chi connectivity index (χ1) is 14.3. The highest BCUT2D eigenvalue weighted by molar-refractivity contribution is 7.92. The molecule has 0 saturated carbocycles. The molecule has 156 valence electrons. The lowest BCUT2D eigenvalue weighted by Crippen LogP contribution is -2.15. The number of carbonyl (C=O) groups is 1. The standard InChI is InChI=1S/C21H19ClN2O5S/c1-28-18-7-4-8-19(29-2)20(18)21(25)23-15-9-11-17(12-10-15)30(26,27)24-16-6-3-5-14(22)13-16/h3-13,24H,1-2H3,(H,23,25). The summed E-state index contributed by atoms with van der Waals surface area (Å²) in [6.07, 6.45) is 0. The van der Waals surface area contributed by atoms with Gasteiger partial charge in [-0.2, -0.15) is 0 Å². The quantitative estimate of drug-likeness (QED) is 0.560. The van der Waals surface area contributed by atoms with Gasteiger partial charge in [-0.3, -0.25) is 9.52 Å². The Morgan fingerprint density at radius 3 is 2.03 bits per heavy atom. The molecule has 9 heteroatoms. The van der Waals surface area contributed by atoms with Crippen LogP contribution in [-0.4, -0.2) is 28.5 Å². The van der Waals surface area contributed by atoms with E-state index in [0.717, 1.165) is 0 Å². The minimum Gasteiger partial charge on any atom is -0.496 e. The van der Waals surface area contributed by atoms with Crippen LogP contribution in [0, 0.1) is 0 Å². The molecule has 0 atom stereocenters. The van der Waals surface area contributed by atoms with E-state index in [1.807, 2.05) is 0 Å². The zero-order valence-corrected chi connectivity index (χ0v) is 17.8. The van der Waals surface area contributed by atoms with Crippen LogP contribution < -0.4 is 19.5 Å². The first-order valence-electron chi connectivity index (χ1n) is 8.75. The Morgan fingerprint density at radius 1 is 0.867 bits per heavy atom. The minimum atomic E-state index is -3.81. The van der Waals surface area contributed by atoms with Gasteiger partial charge in [0.25, 0.3) is 15.9 Å². The van der Waals surface area contributed by atoms with Crippen molar-refractivity contribution in [3.63, 3.8) is 0 Å². The van der Waals surface area contributed by atoms with E-state index in [1.54, 1.807) is 36.4 Å². The van der Waals surface area contributed by atoms with Crippen LogP contribution in [0.5, 0.6) is 11.5 Å². The molecular weight excluding hydrogens is 428 g/mol. The molecule has 0 unspecified atom stereocenters. The highest BCUT2D eigenvalue weighted by Gasteiger charge is 2.19. The Bertz CT molecular complexity index is 1140. The summed E-state index contributed by atoms with van der Waals surface area (Å²) >= 11 is 5.89. The number of amides is 1. The molecule has 7 nitrogen and oxygen atoms in total. The predicted octanol–water partition coefficient (Wildman–Crippen LogP) is 4.41. The Labute approximate surface area is 179 Å². The van der Waals surface area contributed by atoms with Crippen LogP contribution in [0.15, 0.2) is 71.6 Å². The first kappa shape index (κ1) is 21.5. The summed E-state index contributed by atoms with van der Waals surface area (Å²) in [5, 5.41) is 3.13. The number of sulfonamides is 1. The number of rotatable bonds is 7. The molecule has 0 saturated heterocycles. The van der Waals surface area contributed by atoms with E-state index in [1.165, 1.54) is 44.6 Å². The second-order valence-electron chi connectivity index (χ2n) is 6.13. The normalized spacial score (nSPS) is 10.9. The number of anilines is 2. The van der Waals surface area contributed by atoms with Gasteiger partial charge in [0.15, 0.2) is 0 Å². The number of hydrogen-bond acceptors (Lipinski definition) is 5. The van der Waals surface area contributed by atoms with E-state index in [2.05, 4.69) is 10.0 Å². The van der Waals surface area contributed by atoms with Gasteiger partial charge < -0.3 is 14.8 Å². The van der Waals surface area contributed by atoms with Crippen molar-refractivity contribution in [2.24, 2.45) is 0 Å². The summed E-state index contributed by atoms with van der Waals surface area (Å²) in [7, 11) is -0.897. The van der Waals surface area contributed by atoms with Gasteiger partial charge in [-0.25, -0.2) is 8.42 Å². The van der Waals surface area contributed by atoms with Crippen LogP contribution >= 0.6 is 11.6 Å². The molecule has 0 spiro atoms. The molecule has 0 heterocycles. The Balaban J connectivity index is 1.79. The smallest absolute Gasteiger partial charge is 0.263 e. The molecule has 2 N–H and O–H groups in total. The fourth-order valence-electron chi connectivity index (χ4n) is 2.75. The fraction of sp³-hybridized carbons (Fsp3) is 0.0952. The zero-order chi connectivity index (χ0) is 21.7. The number of nitrogens with one attached hydrogen (secondary N) is 2. The second kappa shape index (κ2) is 9.06. The van der Waals surface area contributed by atoms with Crippen molar-refractivity contribution in [2.45, 2.75) is 4.90 Å². The molecule has 3 aromatic rings. The third kappa shape index (κ3) is 4.84. The molecule has 30 heavy (non-hydrogen) atoms. The van der Waals surface area contributed by atoms with Gasteiger partial charge >= 0.3 is 0 Å². The Hall–Kier alpha value is -3.23. The Kier molecular flexibility index (Phi) is 6.49. The molecule has 3 aromatic carbocycles. The average molecular weight is 447 g/mol. The number of methoxy groups -OCH3 is 2. The summed E-state index contributed by atoms with van der Waals surface area (Å²) in [4.78, 5) is 12.8. The zero-order valence-electron chi connectivity index (χ0n) is 16.2. The van der Waals surface area contributed by atoms with Crippen molar-refractivity contribution in [1.29, 1.82) is 0 Å². The molecule has 0 bridgehead atoms. The molecule has 0 fully saturated rings. The van der Waals surface area contributed by atoms with Gasteiger partial charge in [0.1, 0.15) is 17.1 Å². The van der Waals surface area contributed by atoms with Crippen LogP contribution in [-0.2, 0) is 10.0 Å². The van der Waals surface area contributed by atoms with E-state index in [9.17, 15) is 13.2 Å². The van der Waals surface area contributed by atoms with Gasteiger partial charge in [0, 0.05) is 10.7 Å². The lowest BCUT2D eigenvalue weighted by Gasteiger charge is -2.13. The average Bonchev–Trinajstić information content (AvgIpc) is 2.73. The third-order valence-electron chi connectivity index (χ3n) is 4.15. The van der Waals surface area contributed by atoms with E-state index in [4.69, 9.17) is 21.1 Å². The summed E-state index contributed by atoms with van der Waals surface area (Å²) in [6.45, 7) is 0. The minimum absolute atomic E-state index is 0.0374. The molecule has 1 amide bonds. The van der Waals surface area contributed by atoms with E-state index < -0.39 is 15.9 Å². The van der Waals surface area contributed by atoms with Crippen LogP contribution in [0.25, 0.3) is 0 Å². The maximum atomic E-state index is 12.7. The van der Waals surface area contributed by atoms with Crippen molar-refractivity contribution >= 4 is 38.9 Å². The number of carbonyl (C=O) groups excluding carboxylic acids is 1. The lowest BCUT2D eigenvalue weighted by molar-refractivity contribution is 0.102. The van der Waals surface area contributed by atoms with E-state index in [-0.39, 0.29) is 10.5 Å². The summed E-state index contributed by atoms with van der Waals surface area (Å²) in [6, 6.07) is 17.2. The van der Waals surface area contributed by atoms with Crippen molar-refractivity contribution in [3.05, 3.63) is 77.3 Å².